The maximum absolute atomic E-state index is 5.60. The predicted octanol–water partition coefficient (Wildman–Crippen LogP) is 4.28. The van der Waals surface area contributed by atoms with E-state index in [-0.39, 0.29) is 6.10 Å². The first kappa shape index (κ1) is 19.8. The number of benzene rings is 2. The highest BCUT2D eigenvalue weighted by Gasteiger charge is 2.15. The minimum Gasteiger partial charge on any atom is -0.496 e. The zero-order valence-electron chi connectivity index (χ0n) is 16.9. The molecule has 0 aliphatic carbocycles. The molecule has 1 atom stereocenters. The molecule has 6 heteroatoms. The predicted molar refractivity (Wildman–Crippen MR) is 109 cm³/mol. The van der Waals surface area contributed by atoms with Gasteiger partial charge in [0.2, 0.25) is 0 Å². The maximum Gasteiger partial charge on any atom is 0.161 e. The fourth-order valence-electron chi connectivity index (χ4n) is 3.14. The fourth-order valence-corrected chi connectivity index (χ4v) is 3.14. The van der Waals surface area contributed by atoms with Gasteiger partial charge in [0.05, 0.1) is 34.0 Å². The molecule has 28 heavy (non-hydrogen) atoms. The third-order valence-electron chi connectivity index (χ3n) is 4.72. The molecule has 1 unspecified atom stereocenters. The van der Waals surface area contributed by atoms with Crippen molar-refractivity contribution >= 4 is 0 Å². The van der Waals surface area contributed by atoms with Crippen LogP contribution in [0.1, 0.15) is 6.92 Å². The summed E-state index contributed by atoms with van der Waals surface area (Å²) in [6.07, 6.45) is 3.86. The maximum atomic E-state index is 5.60. The van der Waals surface area contributed by atoms with Crippen molar-refractivity contribution in [1.29, 1.82) is 0 Å². The van der Waals surface area contributed by atoms with E-state index in [0.717, 1.165) is 34.8 Å². The number of hydrogen-bond acceptors (Lipinski definition) is 5. The van der Waals surface area contributed by atoms with E-state index in [1.165, 1.54) is 0 Å². The lowest BCUT2D eigenvalue weighted by atomic mass is 10.0. The van der Waals surface area contributed by atoms with Crippen molar-refractivity contribution in [3.8, 4) is 39.8 Å². The zero-order valence-corrected chi connectivity index (χ0v) is 16.9. The summed E-state index contributed by atoms with van der Waals surface area (Å²) in [5.41, 5.74) is 2.92. The largest absolute Gasteiger partial charge is 0.496 e. The monoisotopic (exact) mass is 382 g/mol. The molecule has 2 aromatic carbocycles. The van der Waals surface area contributed by atoms with Crippen LogP contribution in [0.3, 0.4) is 0 Å². The second kappa shape index (κ2) is 8.80. The molecule has 6 nitrogen and oxygen atoms in total. The third-order valence-corrected chi connectivity index (χ3v) is 4.72. The summed E-state index contributed by atoms with van der Waals surface area (Å²) in [7, 11) is 6.63. The Hall–Kier alpha value is -2.99. The van der Waals surface area contributed by atoms with Crippen LogP contribution in [-0.2, 0) is 11.3 Å². The van der Waals surface area contributed by atoms with Gasteiger partial charge in [-0.2, -0.15) is 0 Å². The second-order valence-electron chi connectivity index (χ2n) is 6.43. The van der Waals surface area contributed by atoms with E-state index < -0.39 is 0 Å². The van der Waals surface area contributed by atoms with Gasteiger partial charge in [-0.25, -0.2) is 4.98 Å². The van der Waals surface area contributed by atoms with Crippen LogP contribution in [0.2, 0.25) is 0 Å². The number of rotatable bonds is 8. The highest BCUT2D eigenvalue weighted by molar-refractivity contribution is 5.77. The molecule has 0 fully saturated rings. The second-order valence-corrected chi connectivity index (χ2v) is 6.43. The van der Waals surface area contributed by atoms with Crippen LogP contribution in [0, 0.1) is 0 Å². The van der Waals surface area contributed by atoms with Crippen LogP contribution in [-0.4, -0.2) is 44.1 Å². The Morgan fingerprint density at radius 1 is 0.857 bits per heavy atom. The molecule has 0 amide bonds. The van der Waals surface area contributed by atoms with Gasteiger partial charge in [0, 0.05) is 30.6 Å². The molecule has 0 radical (unpaired) electrons. The number of hydrogen-bond donors (Lipinski definition) is 0. The van der Waals surface area contributed by atoms with Gasteiger partial charge < -0.3 is 23.5 Å². The lowest BCUT2D eigenvalue weighted by Gasteiger charge is -2.15. The average molecular weight is 382 g/mol. The van der Waals surface area contributed by atoms with Crippen molar-refractivity contribution in [1.82, 2.24) is 9.55 Å². The van der Waals surface area contributed by atoms with Crippen molar-refractivity contribution < 1.29 is 18.9 Å². The normalized spacial score (nSPS) is 11.9. The Balaban J connectivity index is 2.06. The van der Waals surface area contributed by atoms with Crippen LogP contribution in [0.15, 0.2) is 48.8 Å². The quantitative estimate of drug-likeness (QED) is 0.582. The Morgan fingerprint density at radius 3 is 2.21 bits per heavy atom. The minimum atomic E-state index is 0.0940. The molecule has 0 saturated heterocycles. The number of nitrogens with zero attached hydrogens (tertiary/aromatic N) is 2. The Kier molecular flexibility index (Phi) is 6.21. The fraction of sp³-hybridized carbons (Fsp3) is 0.318. The molecule has 1 aromatic heterocycles. The summed E-state index contributed by atoms with van der Waals surface area (Å²) in [5, 5.41) is 0. The summed E-state index contributed by atoms with van der Waals surface area (Å²) >= 11 is 0. The van der Waals surface area contributed by atoms with Gasteiger partial charge in [-0.1, -0.05) is 6.07 Å². The lowest BCUT2D eigenvalue weighted by Crippen LogP contribution is -2.14. The van der Waals surface area contributed by atoms with Crippen molar-refractivity contribution in [2.75, 3.05) is 28.4 Å². The zero-order chi connectivity index (χ0) is 20.1. The molecule has 3 aromatic rings. The van der Waals surface area contributed by atoms with Crippen LogP contribution < -0.4 is 14.2 Å². The molecule has 0 N–H and O–H groups in total. The highest BCUT2D eigenvalue weighted by atomic mass is 16.5. The van der Waals surface area contributed by atoms with Gasteiger partial charge in [-0.05, 0) is 42.8 Å². The summed E-state index contributed by atoms with van der Waals surface area (Å²) < 4.78 is 23.9. The van der Waals surface area contributed by atoms with Crippen molar-refractivity contribution in [2.45, 2.75) is 19.6 Å². The van der Waals surface area contributed by atoms with E-state index in [2.05, 4.69) is 15.6 Å². The molecule has 1 heterocycles. The third kappa shape index (κ3) is 3.97. The first-order chi connectivity index (χ1) is 13.6. The van der Waals surface area contributed by atoms with E-state index in [9.17, 15) is 0 Å². The highest BCUT2D eigenvalue weighted by Crippen LogP contribution is 2.38. The minimum absolute atomic E-state index is 0.0940. The SMILES string of the molecule is COc1ccc(-c2cc(-c3nccn3CC(C)OC)ccc2OC)cc1OC. The van der Waals surface area contributed by atoms with Gasteiger partial charge in [0.15, 0.2) is 11.5 Å². The molecule has 148 valence electrons. The Labute approximate surface area is 165 Å². The molecular formula is C22H26N2O4. The molecule has 0 spiro atoms. The summed E-state index contributed by atoms with van der Waals surface area (Å²) in [6.45, 7) is 2.76. The van der Waals surface area contributed by atoms with E-state index in [1.807, 2.05) is 43.5 Å². The molecule has 0 saturated carbocycles. The number of ether oxygens (including phenoxy) is 4. The summed E-state index contributed by atoms with van der Waals surface area (Å²) in [5.74, 6) is 3.01. The number of aromatic nitrogens is 2. The van der Waals surface area contributed by atoms with Crippen LogP contribution in [0.4, 0.5) is 0 Å². The topological polar surface area (TPSA) is 54.7 Å². The van der Waals surface area contributed by atoms with E-state index in [4.69, 9.17) is 18.9 Å². The van der Waals surface area contributed by atoms with E-state index in [1.54, 1.807) is 34.6 Å². The standard InChI is InChI=1S/C22H26N2O4/c1-15(25-2)14-24-11-10-23-22(24)17-7-8-19(26-3)18(12-17)16-6-9-20(27-4)21(13-16)28-5/h6-13,15H,14H2,1-5H3. The van der Waals surface area contributed by atoms with Crippen molar-refractivity contribution in [2.24, 2.45) is 0 Å². The average Bonchev–Trinajstić information content (AvgIpc) is 3.20. The Bertz CT molecular complexity index is 936. The molecule has 0 aliphatic heterocycles. The number of methoxy groups -OCH3 is 4. The Morgan fingerprint density at radius 2 is 1.54 bits per heavy atom. The molecular weight excluding hydrogens is 356 g/mol. The van der Waals surface area contributed by atoms with Gasteiger partial charge in [-0.15, -0.1) is 0 Å². The van der Waals surface area contributed by atoms with Gasteiger partial charge in [0.1, 0.15) is 11.6 Å². The summed E-state index contributed by atoms with van der Waals surface area (Å²) in [4.78, 5) is 4.55. The van der Waals surface area contributed by atoms with Gasteiger partial charge >= 0.3 is 0 Å². The molecule has 0 aliphatic rings. The molecule has 0 bridgehead atoms. The van der Waals surface area contributed by atoms with Crippen molar-refractivity contribution in [3.63, 3.8) is 0 Å². The number of imidazole rings is 1. The van der Waals surface area contributed by atoms with Gasteiger partial charge in [-0.3, -0.25) is 0 Å². The lowest BCUT2D eigenvalue weighted by molar-refractivity contribution is 0.103. The smallest absolute Gasteiger partial charge is 0.161 e. The van der Waals surface area contributed by atoms with E-state index in [0.29, 0.717) is 11.5 Å². The van der Waals surface area contributed by atoms with Crippen LogP contribution in [0.25, 0.3) is 22.5 Å². The van der Waals surface area contributed by atoms with Crippen molar-refractivity contribution in [3.05, 3.63) is 48.8 Å². The van der Waals surface area contributed by atoms with E-state index >= 15 is 0 Å². The van der Waals surface area contributed by atoms with Gasteiger partial charge in [0.25, 0.3) is 0 Å². The van der Waals surface area contributed by atoms with Crippen LogP contribution >= 0.6 is 0 Å². The first-order valence-corrected chi connectivity index (χ1v) is 9.06. The summed E-state index contributed by atoms with van der Waals surface area (Å²) in [6, 6.07) is 11.9. The first-order valence-electron chi connectivity index (χ1n) is 9.06. The van der Waals surface area contributed by atoms with Crippen LogP contribution in [0.5, 0.6) is 17.2 Å². The molecule has 3 rings (SSSR count).